The van der Waals surface area contributed by atoms with E-state index in [2.05, 4.69) is 0 Å². The molecule has 0 amide bonds. The highest BCUT2D eigenvalue weighted by Gasteiger charge is 2.29. The number of para-hydroxylation sites is 2. The minimum atomic E-state index is -1.01. The molecule has 0 aromatic heterocycles. The van der Waals surface area contributed by atoms with Gasteiger partial charge in [0.2, 0.25) is 6.10 Å². The Morgan fingerprint density at radius 3 is 2.75 bits per heavy atom. The van der Waals surface area contributed by atoms with Gasteiger partial charge in [0.1, 0.15) is 6.61 Å². The van der Waals surface area contributed by atoms with E-state index in [1.807, 2.05) is 0 Å². The molecule has 0 N–H and O–H groups in total. The van der Waals surface area contributed by atoms with Crippen LogP contribution < -0.4 is 9.47 Å². The minimum absolute atomic E-state index is 0.0323. The van der Waals surface area contributed by atoms with E-state index in [0.29, 0.717) is 11.5 Å². The van der Waals surface area contributed by atoms with E-state index in [-0.39, 0.29) is 6.61 Å². The first-order valence-electron chi connectivity index (χ1n) is 4.77. The predicted molar refractivity (Wildman–Crippen MR) is 53.1 cm³/mol. The summed E-state index contributed by atoms with van der Waals surface area (Å²) in [5, 5.41) is 0. The number of benzene rings is 1. The number of esters is 2. The van der Waals surface area contributed by atoms with Gasteiger partial charge in [0.05, 0.1) is 0 Å². The molecule has 0 saturated heterocycles. The lowest BCUT2D eigenvalue weighted by atomic mass is 10.3. The number of fused-ring (bicyclic) bond motifs is 1. The standard InChI is InChI=1S/C11H10O5/c1-7(12)15-10-6-14-8-4-2-3-5-9(8)16-11(10)13/h2-5,10H,6H2,1H3. The Labute approximate surface area is 91.9 Å². The first-order chi connectivity index (χ1) is 7.66. The van der Waals surface area contributed by atoms with Gasteiger partial charge in [-0.25, -0.2) is 4.79 Å². The van der Waals surface area contributed by atoms with Gasteiger partial charge in [-0.15, -0.1) is 0 Å². The monoisotopic (exact) mass is 222 g/mol. The summed E-state index contributed by atoms with van der Waals surface area (Å²) in [5.74, 6) is -0.371. The normalized spacial score (nSPS) is 18.8. The van der Waals surface area contributed by atoms with Crippen LogP contribution in [0.4, 0.5) is 0 Å². The van der Waals surface area contributed by atoms with Crippen molar-refractivity contribution in [3.8, 4) is 11.5 Å². The molecule has 1 aliphatic rings. The summed E-state index contributed by atoms with van der Waals surface area (Å²) in [5.41, 5.74) is 0. The van der Waals surface area contributed by atoms with Crippen LogP contribution in [-0.2, 0) is 14.3 Å². The van der Waals surface area contributed by atoms with Gasteiger partial charge in [0.15, 0.2) is 11.5 Å². The van der Waals surface area contributed by atoms with Crippen molar-refractivity contribution in [3.63, 3.8) is 0 Å². The lowest BCUT2D eigenvalue weighted by Gasteiger charge is -2.10. The average molecular weight is 222 g/mol. The van der Waals surface area contributed by atoms with Gasteiger partial charge in [-0.05, 0) is 12.1 Å². The molecule has 1 unspecified atom stereocenters. The van der Waals surface area contributed by atoms with E-state index in [4.69, 9.17) is 14.2 Å². The molecule has 0 saturated carbocycles. The fraction of sp³-hybridized carbons (Fsp3) is 0.273. The van der Waals surface area contributed by atoms with Gasteiger partial charge in [-0.3, -0.25) is 4.79 Å². The first kappa shape index (κ1) is 10.5. The molecule has 16 heavy (non-hydrogen) atoms. The average Bonchev–Trinajstić information content (AvgIpc) is 2.39. The van der Waals surface area contributed by atoms with E-state index in [9.17, 15) is 9.59 Å². The van der Waals surface area contributed by atoms with Crippen molar-refractivity contribution in [2.24, 2.45) is 0 Å². The van der Waals surface area contributed by atoms with Crippen LogP contribution in [0.15, 0.2) is 24.3 Å². The first-order valence-corrected chi connectivity index (χ1v) is 4.77. The zero-order valence-corrected chi connectivity index (χ0v) is 8.64. The van der Waals surface area contributed by atoms with Crippen molar-refractivity contribution in [1.82, 2.24) is 0 Å². The number of carbonyl (C=O) groups is 2. The molecule has 0 spiro atoms. The molecule has 2 rings (SSSR count). The van der Waals surface area contributed by atoms with Gasteiger partial charge in [-0.1, -0.05) is 12.1 Å². The van der Waals surface area contributed by atoms with E-state index >= 15 is 0 Å². The largest absolute Gasteiger partial charge is 0.485 e. The van der Waals surface area contributed by atoms with Crippen molar-refractivity contribution in [3.05, 3.63) is 24.3 Å². The lowest BCUT2D eigenvalue weighted by molar-refractivity contribution is -0.161. The van der Waals surface area contributed by atoms with Gasteiger partial charge >= 0.3 is 11.9 Å². The molecular weight excluding hydrogens is 212 g/mol. The third kappa shape index (κ3) is 2.13. The maximum Gasteiger partial charge on any atom is 0.356 e. The van der Waals surface area contributed by atoms with E-state index in [1.54, 1.807) is 24.3 Å². The fourth-order valence-corrected chi connectivity index (χ4v) is 1.34. The van der Waals surface area contributed by atoms with E-state index in [1.165, 1.54) is 6.92 Å². The Morgan fingerprint density at radius 1 is 1.38 bits per heavy atom. The van der Waals surface area contributed by atoms with Crippen LogP contribution >= 0.6 is 0 Å². The van der Waals surface area contributed by atoms with Gasteiger partial charge in [0.25, 0.3) is 0 Å². The second kappa shape index (κ2) is 4.22. The third-order valence-corrected chi connectivity index (χ3v) is 2.02. The molecule has 1 atom stereocenters. The molecule has 0 bridgehead atoms. The van der Waals surface area contributed by atoms with Crippen molar-refractivity contribution in [2.75, 3.05) is 6.61 Å². The molecule has 1 aromatic carbocycles. The maximum absolute atomic E-state index is 11.5. The minimum Gasteiger partial charge on any atom is -0.485 e. The lowest BCUT2D eigenvalue weighted by Crippen LogP contribution is -2.33. The third-order valence-electron chi connectivity index (χ3n) is 2.02. The zero-order chi connectivity index (χ0) is 11.5. The molecular formula is C11H10O5. The van der Waals surface area contributed by atoms with Crippen molar-refractivity contribution in [1.29, 1.82) is 0 Å². The highest BCUT2D eigenvalue weighted by Crippen LogP contribution is 2.29. The Balaban J connectivity index is 2.18. The number of hydrogen-bond acceptors (Lipinski definition) is 5. The fourth-order valence-electron chi connectivity index (χ4n) is 1.34. The van der Waals surface area contributed by atoms with Crippen molar-refractivity contribution in [2.45, 2.75) is 13.0 Å². The van der Waals surface area contributed by atoms with Crippen molar-refractivity contribution < 1.29 is 23.8 Å². The summed E-state index contributed by atoms with van der Waals surface area (Å²) in [6.07, 6.45) is -1.01. The molecule has 1 aromatic rings. The summed E-state index contributed by atoms with van der Waals surface area (Å²) in [6.45, 7) is 1.20. The van der Waals surface area contributed by atoms with Gasteiger partial charge < -0.3 is 14.2 Å². The van der Waals surface area contributed by atoms with Crippen molar-refractivity contribution >= 4 is 11.9 Å². The SMILES string of the molecule is CC(=O)OC1COc2ccccc2OC1=O. The smallest absolute Gasteiger partial charge is 0.356 e. The van der Waals surface area contributed by atoms with Crippen LogP contribution in [-0.4, -0.2) is 24.6 Å². The molecule has 84 valence electrons. The molecule has 1 heterocycles. The summed E-state index contributed by atoms with van der Waals surface area (Å²) < 4.78 is 15.1. The number of carbonyl (C=O) groups excluding carboxylic acids is 2. The summed E-state index contributed by atoms with van der Waals surface area (Å²) in [7, 11) is 0. The molecule has 0 radical (unpaired) electrons. The van der Waals surface area contributed by atoms with E-state index in [0.717, 1.165) is 0 Å². The number of hydrogen-bond donors (Lipinski definition) is 0. The molecule has 5 heteroatoms. The van der Waals surface area contributed by atoms with Gasteiger partial charge in [-0.2, -0.15) is 0 Å². The second-order valence-corrected chi connectivity index (χ2v) is 3.28. The quantitative estimate of drug-likeness (QED) is 0.522. The molecule has 0 fully saturated rings. The molecule has 1 aliphatic heterocycles. The van der Waals surface area contributed by atoms with Crippen LogP contribution in [0, 0.1) is 0 Å². The van der Waals surface area contributed by atoms with E-state index < -0.39 is 18.0 Å². The number of ether oxygens (including phenoxy) is 3. The second-order valence-electron chi connectivity index (χ2n) is 3.28. The Kier molecular flexibility index (Phi) is 2.76. The Morgan fingerprint density at radius 2 is 2.06 bits per heavy atom. The van der Waals surface area contributed by atoms with Crippen LogP contribution in [0.5, 0.6) is 11.5 Å². The summed E-state index contributed by atoms with van der Waals surface area (Å²) in [6, 6.07) is 6.78. The number of rotatable bonds is 1. The summed E-state index contributed by atoms with van der Waals surface area (Å²) >= 11 is 0. The van der Waals surface area contributed by atoms with Gasteiger partial charge in [0, 0.05) is 6.92 Å². The highest BCUT2D eigenvalue weighted by atomic mass is 16.6. The Bertz CT molecular complexity index is 426. The van der Waals surface area contributed by atoms with Crippen LogP contribution in [0.25, 0.3) is 0 Å². The topological polar surface area (TPSA) is 61.8 Å². The molecule has 0 aliphatic carbocycles. The zero-order valence-electron chi connectivity index (χ0n) is 8.64. The predicted octanol–water partition coefficient (Wildman–Crippen LogP) is 0.916. The maximum atomic E-state index is 11.5. The Hall–Kier alpha value is -2.04. The van der Waals surface area contributed by atoms with Crippen LogP contribution in [0.3, 0.4) is 0 Å². The molecule has 5 nitrogen and oxygen atoms in total. The highest BCUT2D eigenvalue weighted by molar-refractivity contribution is 5.81. The van der Waals surface area contributed by atoms with Crippen LogP contribution in [0.2, 0.25) is 0 Å². The summed E-state index contributed by atoms with van der Waals surface area (Å²) in [4.78, 5) is 22.3. The van der Waals surface area contributed by atoms with Crippen LogP contribution in [0.1, 0.15) is 6.92 Å².